The van der Waals surface area contributed by atoms with Gasteiger partial charge in [-0.2, -0.15) is 0 Å². The highest BCUT2D eigenvalue weighted by Crippen LogP contribution is 1.79. The number of aliphatic hydroxyl groups excluding tert-OH is 2. The van der Waals surface area contributed by atoms with E-state index in [0.717, 1.165) is 6.26 Å². The summed E-state index contributed by atoms with van der Waals surface area (Å²) in [6.07, 6.45) is 6.54. The average molecular weight is 114 g/mol. The third-order valence-electron chi connectivity index (χ3n) is 0.629. The fourth-order valence-electron chi connectivity index (χ4n) is 0.299. The van der Waals surface area contributed by atoms with Crippen LogP contribution in [0.25, 0.3) is 0 Å². The van der Waals surface area contributed by atoms with Crippen LogP contribution in [0.3, 0.4) is 0 Å². The van der Waals surface area contributed by atoms with Crippen LogP contribution in [0, 0.1) is 0 Å². The molecule has 0 aliphatic heterocycles. The van der Waals surface area contributed by atoms with Crippen molar-refractivity contribution in [2.75, 3.05) is 6.61 Å². The summed E-state index contributed by atoms with van der Waals surface area (Å²) in [6, 6.07) is 0. The van der Waals surface area contributed by atoms with Gasteiger partial charge in [0.1, 0.15) is 0 Å². The van der Waals surface area contributed by atoms with Crippen LogP contribution in [0.15, 0.2) is 24.5 Å². The van der Waals surface area contributed by atoms with E-state index < -0.39 is 0 Å². The quantitative estimate of drug-likeness (QED) is 0.424. The van der Waals surface area contributed by atoms with Gasteiger partial charge in [0.25, 0.3) is 0 Å². The Morgan fingerprint density at radius 1 is 1.25 bits per heavy atom. The van der Waals surface area contributed by atoms with Crippen molar-refractivity contribution >= 4 is 0 Å². The second-order valence-corrected chi connectivity index (χ2v) is 1.28. The molecule has 0 amide bonds. The lowest BCUT2D eigenvalue weighted by molar-refractivity contribution is 0.302. The topological polar surface area (TPSA) is 40.5 Å². The third-order valence-corrected chi connectivity index (χ3v) is 0.629. The van der Waals surface area contributed by atoms with Crippen molar-refractivity contribution in [2.24, 2.45) is 0 Å². The normalized spacial score (nSPS) is 11.6. The lowest BCUT2D eigenvalue weighted by Crippen LogP contribution is -1.73. The standard InChI is InChI=1S/C6H10O2/c7-5-3-1-2-4-6-8/h1-3,5,7-8H,4,6H2/b2-1?,5-3+. The van der Waals surface area contributed by atoms with Gasteiger partial charge in [-0.05, 0) is 12.5 Å². The molecule has 0 saturated heterocycles. The van der Waals surface area contributed by atoms with Gasteiger partial charge in [0.2, 0.25) is 0 Å². The lowest BCUT2D eigenvalue weighted by atomic mass is 10.4. The SMILES string of the molecule is O/C=C/C=CCCO. The van der Waals surface area contributed by atoms with E-state index in [1.54, 1.807) is 12.2 Å². The Kier molecular flexibility index (Phi) is 5.65. The molecule has 46 valence electrons. The molecule has 0 aromatic carbocycles. The molecule has 0 unspecified atom stereocenters. The van der Waals surface area contributed by atoms with Gasteiger partial charge < -0.3 is 10.2 Å². The van der Waals surface area contributed by atoms with Crippen molar-refractivity contribution < 1.29 is 10.2 Å². The maximum atomic E-state index is 8.23. The summed E-state index contributed by atoms with van der Waals surface area (Å²) < 4.78 is 0. The maximum absolute atomic E-state index is 8.23. The fraction of sp³-hybridized carbons (Fsp3) is 0.333. The molecule has 2 nitrogen and oxygen atoms in total. The molecule has 0 spiro atoms. The van der Waals surface area contributed by atoms with Crippen LogP contribution in [-0.4, -0.2) is 16.8 Å². The number of allylic oxidation sites excluding steroid dienone is 2. The van der Waals surface area contributed by atoms with E-state index in [-0.39, 0.29) is 6.61 Å². The predicted octanol–water partition coefficient (Wildman–Crippen LogP) is 0.997. The molecule has 0 rings (SSSR count). The van der Waals surface area contributed by atoms with E-state index in [1.165, 1.54) is 6.08 Å². The van der Waals surface area contributed by atoms with Crippen LogP contribution < -0.4 is 0 Å². The summed E-state index contributed by atoms with van der Waals surface area (Å²) >= 11 is 0. The summed E-state index contributed by atoms with van der Waals surface area (Å²) in [5, 5.41) is 16.3. The van der Waals surface area contributed by atoms with Gasteiger partial charge in [-0.1, -0.05) is 12.2 Å². The molecule has 0 radical (unpaired) electrons. The van der Waals surface area contributed by atoms with E-state index in [0.29, 0.717) is 6.42 Å². The molecule has 0 aromatic rings. The average Bonchev–Trinajstić information content (AvgIpc) is 1.81. The van der Waals surface area contributed by atoms with E-state index in [9.17, 15) is 0 Å². The first-order valence-electron chi connectivity index (χ1n) is 2.48. The van der Waals surface area contributed by atoms with Gasteiger partial charge in [0.15, 0.2) is 0 Å². The van der Waals surface area contributed by atoms with Gasteiger partial charge in [-0.3, -0.25) is 0 Å². The van der Waals surface area contributed by atoms with Crippen molar-refractivity contribution in [2.45, 2.75) is 6.42 Å². The van der Waals surface area contributed by atoms with Crippen LogP contribution in [-0.2, 0) is 0 Å². The maximum Gasteiger partial charge on any atom is 0.0791 e. The number of hydrogen-bond acceptors (Lipinski definition) is 2. The Labute approximate surface area is 48.8 Å². The van der Waals surface area contributed by atoms with E-state index >= 15 is 0 Å². The van der Waals surface area contributed by atoms with Crippen molar-refractivity contribution in [1.82, 2.24) is 0 Å². The van der Waals surface area contributed by atoms with Crippen LogP contribution in [0.2, 0.25) is 0 Å². The third kappa shape index (κ3) is 5.24. The zero-order valence-electron chi connectivity index (χ0n) is 4.62. The van der Waals surface area contributed by atoms with Crippen LogP contribution in [0.1, 0.15) is 6.42 Å². The first-order chi connectivity index (χ1) is 3.91. The summed E-state index contributed by atoms with van der Waals surface area (Å²) in [6.45, 7) is 0.162. The molecule has 0 fully saturated rings. The van der Waals surface area contributed by atoms with Gasteiger partial charge >= 0.3 is 0 Å². The summed E-state index contributed by atoms with van der Waals surface area (Å²) in [5.74, 6) is 0. The lowest BCUT2D eigenvalue weighted by Gasteiger charge is -1.78. The Bertz CT molecular complexity index is 84.5. The molecule has 0 atom stereocenters. The minimum atomic E-state index is 0.162. The molecule has 8 heavy (non-hydrogen) atoms. The van der Waals surface area contributed by atoms with Crippen molar-refractivity contribution in [3.63, 3.8) is 0 Å². The van der Waals surface area contributed by atoms with Crippen LogP contribution >= 0.6 is 0 Å². The minimum Gasteiger partial charge on any atom is -0.516 e. The first-order valence-corrected chi connectivity index (χ1v) is 2.48. The highest BCUT2D eigenvalue weighted by Gasteiger charge is 1.68. The van der Waals surface area contributed by atoms with Gasteiger partial charge in [0, 0.05) is 6.61 Å². The predicted molar refractivity (Wildman–Crippen MR) is 32.6 cm³/mol. The molecule has 0 aliphatic rings. The molecule has 2 heteroatoms. The molecule has 0 bridgehead atoms. The van der Waals surface area contributed by atoms with Crippen LogP contribution in [0.4, 0.5) is 0 Å². The number of aliphatic hydroxyl groups is 2. The van der Waals surface area contributed by atoms with Crippen molar-refractivity contribution in [3.05, 3.63) is 24.5 Å². The summed E-state index contributed by atoms with van der Waals surface area (Å²) in [4.78, 5) is 0. The Balaban J connectivity index is 3.07. The fourth-order valence-corrected chi connectivity index (χ4v) is 0.299. The largest absolute Gasteiger partial charge is 0.516 e. The van der Waals surface area contributed by atoms with Crippen LogP contribution in [0.5, 0.6) is 0 Å². The monoisotopic (exact) mass is 114 g/mol. The molecular weight excluding hydrogens is 104 g/mol. The van der Waals surface area contributed by atoms with E-state index in [1.807, 2.05) is 0 Å². The molecule has 0 saturated carbocycles. The van der Waals surface area contributed by atoms with Gasteiger partial charge in [-0.15, -0.1) is 0 Å². The molecule has 0 heterocycles. The Morgan fingerprint density at radius 2 is 2.00 bits per heavy atom. The Morgan fingerprint density at radius 3 is 2.50 bits per heavy atom. The first kappa shape index (κ1) is 7.24. The van der Waals surface area contributed by atoms with Gasteiger partial charge in [0.05, 0.1) is 6.26 Å². The number of rotatable bonds is 3. The zero-order valence-corrected chi connectivity index (χ0v) is 4.62. The zero-order chi connectivity index (χ0) is 6.24. The van der Waals surface area contributed by atoms with Gasteiger partial charge in [-0.25, -0.2) is 0 Å². The smallest absolute Gasteiger partial charge is 0.0791 e. The minimum absolute atomic E-state index is 0.162. The van der Waals surface area contributed by atoms with Crippen molar-refractivity contribution in [3.8, 4) is 0 Å². The highest BCUT2D eigenvalue weighted by molar-refractivity contribution is 4.98. The highest BCUT2D eigenvalue weighted by atomic mass is 16.3. The second kappa shape index (κ2) is 6.24. The molecule has 2 N–H and O–H groups in total. The molecule has 0 aromatic heterocycles. The molecule has 0 aliphatic carbocycles. The molecular formula is C6H10O2. The van der Waals surface area contributed by atoms with E-state index in [2.05, 4.69) is 0 Å². The Hall–Kier alpha value is -0.760. The second-order valence-electron chi connectivity index (χ2n) is 1.28. The summed E-state index contributed by atoms with van der Waals surface area (Å²) in [7, 11) is 0. The summed E-state index contributed by atoms with van der Waals surface area (Å²) in [5.41, 5.74) is 0. The van der Waals surface area contributed by atoms with E-state index in [4.69, 9.17) is 10.2 Å². The number of hydrogen-bond donors (Lipinski definition) is 2. The van der Waals surface area contributed by atoms with Crippen molar-refractivity contribution in [1.29, 1.82) is 0 Å².